The Morgan fingerprint density at radius 3 is 2.15 bits per heavy atom. The molecule has 0 aromatic heterocycles. The van der Waals surface area contributed by atoms with Gasteiger partial charge in [0.2, 0.25) is 0 Å². The third-order valence-electron chi connectivity index (χ3n) is 2.26. The molecule has 0 radical (unpaired) electrons. The van der Waals surface area contributed by atoms with E-state index >= 15 is 0 Å². The van der Waals surface area contributed by atoms with Gasteiger partial charge in [0.15, 0.2) is 0 Å². The summed E-state index contributed by atoms with van der Waals surface area (Å²) in [6.07, 6.45) is 0. The zero-order valence-electron chi connectivity index (χ0n) is 11.2. The van der Waals surface area contributed by atoms with E-state index in [0.29, 0.717) is 59.9 Å². The van der Waals surface area contributed by atoms with Crippen LogP contribution < -0.4 is 4.74 Å². The van der Waals surface area contributed by atoms with Crippen molar-refractivity contribution in [2.75, 3.05) is 46.8 Å². The Kier molecular flexibility index (Phi) is 9.59. The first-order valence-electron chi connectivity index (χ1n) is 6.07. The fourth-order valence-corrected chi connectivity index (χ4v) is 2.17. The molecule has 0 aliphatic carbocycles. The van der Waals surface area contributed by atoms with E-state index in [1.54, 1.807) is 19.2 Å². The van der Waals surface area contributed by atoms with E-state index in [2.05, 4.69) is 15.9 Å². The van der Waals surface area contributed by atoms with Crippen LogP contribution >= 0.6 is 39.1 Å². The van der Waals surface area contributed by atoms with Gasteiger partial charge in [-0.15, -0.1) is 0 Å². The fraction of sp³-hybridized carbons (Fsp3) is 0.538. The summed E-state index contributed by atoms with van der Waals surface area (Å²) in [5, 5.41) is 0.923. The predicted molar refractivity (Wildman–Crippen MR) is 83.2 cm³/mol. The molecule has 0 atom stereocenters. The van der Waals surface area contributed by atoms with Crippen LogP contribution in [0.5, 0.6) is 5.75 Å². The van der Waals surface area contributed by atoms with Gasteiger partial charge >= 0.3 is 0 Å². The van der Waals surface area contributed by atoms with E-state index in [-0.39, 0.29) is 0 Å². The highest BCUT2D eigenvalue weighted by molar-refractivity contribution is 9.10. The first kappa shape index (κ1) is 18.0. The highest BCUT2D eigenvalue weighted by atomic mass is 79.9. The van der Waals surface area contributed by atoms with Crippen LogP contribution in [0.15, 0.2) is 16.6 Å². The predicted octanol–water partition coefficient (Wildman–Crippen LogP) is 3.81. The van der Waals surface area contributed by atoms with Crippen LogP contribution in [-0.2, 0) is 14.2 Å². The summed E-state index contributed by atoms with van der Waals surface area (Å²) in [4.78, 5) is 0. The van der Waals surface area contributed by atoms with Gasteiger partial charge in [0.05, 0.1) is 43.1 Å². The molecule has 1 rings (SSSR count). The average molecular weight is 388 g/mol. The van der Waals surface area contributed by atoms with Gasteiger partial charge in [-0.1, -0.05) is 23.2 Å². The molecule has 0 saturated heterocycles. The Balaban J connectivity index is 2.10. The minimum atomic E-state index is 0.433. The molecular formula is C13H17BrCl2O4. The van der Waals surface area contributed by atoms with Crippen LogP contribution in [0, 0.1) is 0 Å². The molecule has 20 heavy (non-hydrogen) atoms. The van der Waals surface area contributed by atoms with E-state index in [4.69, 9.17) is 42.1 Å². The van der Waals surface area contributed by atoms with E-state index in [0.717, 1.165) is 0 Å². The number of benzene rings is 1. The lowest BCUT2D eigenvalue weighted by molar-refractivity contribution is 0.0179. The van der Waals surface area contributed by atoms with Crippen LogP contribution in [0.1, 0.15) is 0 Å². The number of hydrogen-bond acceptors (Lipinski definition) is 4. The maximum Gasteiger partial charge on any atom is 0.122 e. The van der Waals surface area contributed by atoms with Crippen molar-refractivity contribution in [3.8, 4) is 5.75 Å². The fourth-order valence-electron chi connectivity index (χ4n) is 1.30. The van der Waals surface area contributed by atoms with Gasteiger partial charge < -0.3 is 18.9 Å². The second-order valence-corrected chi connectivity index (χ2v) is 5.41. The molecule has 114 valence electrons. The second kappa shape index (κ2) is 10.7. The maximum absolute atomic E-state index is 5.94. The molecule has 0 unspecified atom stereocenters. The van der Waals surface area contributed by atoms with Crippen molar-refractivity contribution >= 4 is 39.1 Å². The molecular weight excluding hydrogens is 371 g/mol. The largest absolute Gasteiger partial charge is 0.491 e. The Morgan fingerprint density at radius 2 is 1.55 bits per heavy atom. The van der Waals surface area contributed by atoms with E-state index in [9.17, 15) is 0 Å². The van der Waals surface area contributed by atoms with Crippen LogP contribution in [0.4, 0.5) is 0 Å². The molecule has 0 aliphatic rings. The summed E-state index contributed by atoms with van der Waals surface area (Å²) in [6, 6.07) is 3.44. The zero-order chi connectivity index (χ0) is 14.8. The molecule has 1 aromatic rings. The topological polar surface area (TPSA) is 36.9 Å². The number of methoxy groups -OCH3 is 1. The molecule has 0 aliphatic heterocycles. The summed E-state index contributed by atoms with van der Waals surface area (Å²) in [5.74, 6) is 0.645. The Hall–Kier alpha value is -0.0400. The molecule has 0 bridgehead atoms. The zero-order valence-corrected chi connectivity index (χ0v) is 14.3. The molecule has 4 nitrogen and oxygen atoms in total. The van der Waals surface area contributed by atoms with E-state index in [1.807, 2.05) is 0 Å². The van der Waals surface area contributed by atoms with Gasteiger partial charge in [-0.05, 0) is 22.0 Å². The van der Waals surface area contributed by atoms with Crippen molar-refractivity contribution in [1.29, 1.82) is 0 Å². The number of hydrogen-bond donors (Lipinski definition) is 0. The lowest BCUT2D eigenvalue weighted by Crippen LogP contribution is -2.12. The van der Waals surface area contributed by atoms with Crippen LogP contribution in [-0.4, -0.2) is 46.8 Å². The van der Waals surface area contributed by atoms with Gasteiger partial charge in [0.25, 0.3) is 0 Å². The molecule has 0 fully saturated rings. The van der Waals surface area contributed by atoms with Crippen LogP contribution in [0.2, 0.25) is 10.0 Å². The smallest absolute Gasteiger partial charge is 0.122 e. The third-order valence-corrected chi connectivity index (χ3v) is 3.91. The Bertz CT molecular complexity index is 381. The first-order chi connectivity index (χ1) is 9.65. The maximum atomic E-state index is 5.94. The first-order valence-corrected chi connectivity index (χ1v) is 7.61. The quantitative estimate of drug-likeness (QED) is 0.451. The average Bonchev–Trinajstić information content (AvgIpc) is 2.43. The summed E-state index contributed by atoms with van der Waals surface area (Å²) in [6.45, 7) is 3.15. The SMILES string of the molecule is COCCOCCOCCOc1cc(Cl)c(Cl)c(Br)c1. The van der Waals surface area contributed by atoms with Crippen molar-refractivity contribution in [1.82, 2.24) is 0 Å². The molecule has 7 heteroatoms. The van der Waals surface area contributed by atoms with Crippen LogP contribution in [0.25, 0.3) is 0 Å². The monoisotopic (exact) mass is 386 g/mol. The summed E-state index contributed by atoms with van der Waals surface area (Å²) in [5.41, 5.74) is 0. The van der Waals surface area contributed by atoms with Gasteiger partial charge in [-0.2, -0.15) is 0 Å². The van der Waals surface area contributed by atoms with Crippen LogP contribution in [0.3, 0.4) is 0 Å². The van der Waals surface area contributed by atoms with E-state index in [1.165, 1.54) is 0 Å². The highest BCUT2D eigenvalue weighted by Crippen LogP contribution is 2.34. The van der Waals surface area contributed by atoms with Crippen molar-refractivity contribution in [3.63, 3.8) is 0 Å². The lowest BCUT2D eigenvalue weighted by Gasteiger charge is -2.09. The van der Waals surface area contributed by atoms with Crippen molar-refractivity contribution < 1.29 is 18.9 Å². The van der Waals surface area contributed by atoms with Gasteiger partial charge in [0.1, 0.15) is 12.4 Å². The van der Waals surface area contributed by atoms with Crippen molar-refractivity contribution in [2.24, 2.45) is 0 Å². The lowest BCUT2D eigenvalue weighted by atomic mass is 10.3. The number of halogens is 3. The van der Waals surface area contributed by atoms with Crippen molar-refractivity contribution in [3.05, 3.63) is 26.7 Å². The standard InChI is InChI=1S/C13H17BrCl2O4/c1-17-2-3-18-4-5-19-6-7-20-10-8-11(14)13(16)12(15)9-10/h8-9H,2-7H2,1H3. The number of rotatable bonds is 10. The second-order valence-electron chi connectivity index (χ2n) is 3.77. The minimum Gasteiger partial charge on any atom is -0.491 e. The normalized spacial score (nSPS) is 10.8. The molecule has 0 saturated carbocycles. The molecule has 0 spiro atoms. The molecule has 0 amide bonds. The van der Waals surface area contributed by atoms with Gasteiger partial charge in [-0.3, -0.25) is 0 Å². The summed E-state index contributed by atoms with van der Waals surface area (Å²) in [7, 11) is 1.64. The molecule has 0 N–H and O–H groups in total. The summed E-state index contributed by atoms with van der Waals surface area (Å²) >= 11 is 15.2. The van der Waals surface area contributed by atoms with Crippen molar-refractivity contribution in [2.45, 2.75) is 0 Å². The molecule has 1 aromatic carbocycles. The van der Waals surface area contributed by atoms with Gasteiger partial charge in [-0.25, -0.2) is 0 Å². The Morgan fingerprint density at radius 1 is 0.950 bits per heavy atom. The molecule has 0 heterocycles. The Labute approximate surface area is 137 Å². The minimum absolute atomic E-state index is 0.433. The summed E-state index contributed by atoms with van der Waals surface area (Å²) < 4.78 is 21.7. The number of ether oxygens (including phenoxy) is 4. The van der Waals surface area contributed by atoms with E-state index < -0.39 is 0 Å². The van der Waals surface area contributed by atoms with Gasteiger partial charge in [0, 0.05) is 17.6 Å². The highest BCUT2D eigenvalue weighted by Gasteiger charge is 2.06. The third kappa shape index (κ3) is 7.11.